The molecule has 4 atom stereocenters. The third-order valence-corrected chi connectivity index (χ3v) is 4.69. The van der Waals surface area contributed by atoms with Crippen LogP contribution >= 0.6 is 0 Å². The quantitative estimate of drug-likeness (QED) is 0.122. The maximum atomic E-state index is 12.9. The van der Waals surface area contributed by atoms with Crippen LogP contribution in [0.15, 0.2) is 12.5 Å². The van der Waals surface area contributed by atoms with Crippen molar-refractivity contribution in [1.82, 2.24) is 25.9 Å². The van der Waals surface area contributed by atoms with E-state index in [-0.39, 0.29) is 32.1 Å². The molecule has 4 unspecified atom stereocenters. The van der Waals surface area contributed by atoms with E-state index in [0.717, 1.165) is 0 Å². The predicted octanol–water partition coefficient (Wildman–Crippen LogP) is -3.63. The predicted molar refractivity (Wildman–Crippen MR) is 116 cm³/mol. The first-order valence-corrected chi connectivity index (χ1v) is 10.3. The molecule has 0 aliphatic heterocycles. The van der Waals surface area contributed by atoms with Gasteiger partial charge in [0.05, 0.1) is 12.4 Å². The van der Waals surface area contributed by atoms with Crippen LogP contribution in [0.5, 0.6) is 0 Å². The zero-order chi connectivity index (χ0) is 25.8. The van der Waals surface area contributed by atoms with Crippen molar-refractivity contribution in [2.75, 3.05) is 0 Å². The van der Waals surface area contributed by atoms with Gasteiger partial charge in [0.2, 0.25) is 29.5 Å². The van der Waals surface area contributed by atoms with E-state index in [9.17, 15) is 28.8 Å². The molecule has 0 saturated heterocycles. The van der Waals surface area contributed by atoms with Gasteiger partial charge in [-0.2, -0.15) is 0 Å². The van der Waals surface area contributed by atoms with Crippen LogP contribution in [0.3, 0.4) is 0 Å². The third kappa shape index (κ3) is 10.1. The number of H-pyrrole nitrogens is 1. The van der Waals surface area contributed by atoms with Gasteiger partial charge in [0, 0.05) is 31.2 Å². The molecule has 15 nitrogen and oxygen atoms in total. The largest absolute Gasteiger partial charge is 0.480 e. The fourth-order valence-electron chi connectivity index (χ4n) is 2.74. The van der Waals surface area contributed by atoms with Gasteiger partial charge < -0.3 is 43.2 Å². The van der Waals surface area contributed by atoms with Crippen molar-refractivity contribution in [3.63, 3.8) is 0 Å². The molecule has 188 valence electrons. The lowest BCUT2D eigenvalue weighted by Crippen LogP contribution is -2.57. The molecule has 1 aromatic heterocycles. The van der Waals surface area contributed by atoms with Crippen LogP contribution in [0.2, 0.25) is 0 Å². The normalized spacial score (nSPS) is 14.2. The summed E-state index contributed by atoms with van der Waals surface area (Å²) in [5.41, 5.74) is 16.4. The molecular formula is C19H30N8O7. The molecule has 0 spiro atoms. The monoisotopic (exact) mass is 482 g/mol. The van der Waals surface area contributed by atoms with Gasteiger partial charge in [0.25, 0.3) is 0 Å². The SMILES string of the molecule is CC(NC(=O)C(Cc1cnc[nH]1)NC(=O)C(CCC(N)=O)NC(=O)C(N)CCC(N)=O)C(=O)O. The van der Waals surface area contributed by atoms with Crippen LogP contribution in [-0.2, 0) is 35.2 Å². The van der Waals surface area contributed by atoms with Gasteiger partial charge in [-0.1, -0.05) is 0 Å². The summed E-state index contributed by atoms with van der Waals surface area (Å²) in [6.45, 7) is 1.25. The second-order valence-corrected chi connectivity index (χ2v) is 7.59. The third-order valence-electron chi connectivity index (χ3n) is 4.69. The van der Waals surface area contributed by atoms with Crippen molar-refractivity contribution in [2.24, 2.45) is 17.2 Å². The van der Waals surface area contributed by atoms with Crippen molar-refractivity contribution < 1.29 is 33.9 Å². The maximum absolute atomic E-state index is 12.9. The number of aliphatic carboxylic acids is 1. The first-order valence-electron chi connectivity index (χ1n) is 10.3. The lowest BCUT2D eigenvalue weighted by Gasteiger charge is -2.24. The molecular weight excluding hydrogens is 452 g/mol. The fraction of sp³-hybridized carbons (Fsp3) is 0.526. The highest BCUT2D eigenvalue weighted by Gasteiger charge is 2.30. The summed E-state index contributed by atoms with van der Waals surface area (Å²) in [5, 5.41) is 16.1. The molecule has 0 bridgehead atoms. The number of hydrogen-bond acceptors (Lipinski definition) is 8. The molecule has 1 aromatic rings. The lowest BCUT2D eigenvalue weighted by molar-refractivity contribution is -0.141. The van der Waals surface area contributed by atoms with Crippen molar-refractivity contribution in [3.8, 4) is 0 Å². The number of carboxylic acids is 1. The number of amides is 5. The molecule has 0 fully saturated rings. The summed E-state index contributed by atoms with van der Waals surface area (Å²) in [5.74, 6) is -5.08. The molecule has 0 saturated carbocycles. The molecule has 1 rings (SSSR count). The minimum atomic E-state index is -1.30. The number of nitrogens with zero attached hydrogens (tertiary/aromatic N) is 1. The van der Waals surface area contributed by atoms with E-state index in [1.807, 2.05) is 0 Å². The highest BCUT2D eigenvalue weighted by molar-refractivity contribution is 5.94. The highest BCUT2D eigenvalue weighted by Crippen LogP contribution is 2.05. The fourth-order valence-corrected chi connectivity index (χ4v) is 2.74. The molecule has 1 heterocycles. The number of imidazole rings is 1. The zero-order valence-electron chi connectivity index (χ0n) is 18.6. The first-order chi connectivity index (χ1) is 15.9. The Morgan fingerprint density at radius 2 is 1.50 bits per heavy atom. The topological polar surface area (TPSA) is 265 Å². The maximum Gasteiger partial charge on any atom is 0.325 e. The Hall–Kier alpha value is -4.01. The second kappa shape index (κ2) is 13.5. The van der Waals surface area contributed by atoms with Crippen molar-refractivity contribution in [1.29, 1.82) is 0 Å². The molecule has 5 amide bonds. The second-order valence-electron chi connectivity index (χ2n) is 7.59. The number of rotatable bonds is 15. The van der Waals surface area contributed by atoms with Gasteiger partial charge in [-0.3, -0.25) is 28.8 Å². The minimum Gasteiger partial charge on any atom is -0.480 e. The Labute approximate surface area is 194 Å². The van der Waals surface area contributed by atoms with E-state index in [2.05, 4.69) is 25.9 Å². The van der Waals surface area contributed by atoms with Crippen LogP contribution in [0.25, 0.3) is 0 Å². The van der Waals surface area contributed by atoms with E-state index in [0.29, 0.717) is 5.69 Å². The number of aromatic nitrogens is 2. The number of hydrogen-bond donors (Lipinski definition) is 8. The van der Waals surface area contributed by atoms with E-state index in [1.54, 1.807) is 0 Å². The Kier molecular flexibility index (Phi) is 11.1. The van der Waals surface area contributed by atoms with Gasteiger partial charge in [-0.15, -0.1) is 0 Å². The van der Waals surface area contributed by atoms with E-state index >= 15 is 0 Å². The van der Waals surface area contributed by atoms with Gasteiger partial charge in [-0.05, 0) is 19.8 Å². The van der Waals surface area contributed by atoms with Gasteiger partial charge >= 0.3 is 5.97 Å². The van der Waals surface area contributed by atoms with Gasteiger partial charge in [0.15, 0.2) is 0 Å². The smallest absolute Gasteiger partial charge is 0.325 e. The number of carbonyl (C=O) groups is 6. The molecule has 11 N–H and O–H groups in total. The first kappa shape index (κ1) is 28.0. The summed E-state index contributed by atoms with van der Waals surface area (Å²) in [6.07, 6.45) is 2.02. The van der Waals surface area contributed by atoms with Gasteiger partial charge in [-0.25, -0.2) is 4.98 Å². The average molecular weight is 482 g/mol. The summed E-state index contributed by atoms with van der Waals surface area (Å²) >= 11 is 0. The summed E-state index contributed by atoms with van der Waals surface area (Å²) in [7, 11) is 0. The number of carbonyl (C=O) groups excluding carboxylic acids is 5. The molecule has 0 radical (unpaired) electrons. The van der Waals surface area contributed by atoms with Crippen molar-refractivity contribution >= 4 is 35.5 Å². The lowest BCUT2D eigenvalue weighted by atomic mass is 10.1. The summed E-state index contributed by atoms with van der Waals surface area (Å²) in [4.78, 5) is 77.7. The van der Waals surface area contributed by atoms with Crippen LogP contribution in [0.1, 0.15) is 38.3 Å². The van der Waals surface area contributed by atoms with E-state index in [1.165, 1.54) is 19.4 Å². The molecule has 0 aliphatic carbocycles. The van der Waals surface area contributed by atoms with Crippen LogP contribution in [-0.4, -0.2) is 74.7 Å². The van der Waals surface area contributed by atoms with Gasteiger partial charge in [0.1, 0.15) is 18.1 Å². The van der Waals surface area contributed by atoms with E-state index < -0.39 is 59.7 Å². The molecule has 34 heavy (non-hydrogen) atoms. The Morgan fingerprint density at radius 3 is 2.03 bits per heavy atom. The minimum absolute atomic E-state index is 0.0662. The number of nitrogens with one attached hydrogen (secondary N) is 4. The summed E-state index contributed by atoms with van der Waals surface area (Å²) in [6, 6.07) is -4.93. The Bertz CT molecular complexity index is 889. The summed E-state index contributed by atoms with van der Waals surface area (Å²) < 4.78 is 0. The van der Waals surface area contributed by atoms with E-state index in [4.69, 9.17) is 22.3 Å². The van der Waals surface area contributed by atoms with Crippen molar-refractivity contribution in [3.05, 3.63) is 18.2 Å². The molecule has 0 aromatic carbocycles. The Morgan fingerprint density at radius 1 is 0.941 bits per heavy atom. The number of carboxylic acid groups (broad SMARTS) is 1. The number of primary amides is 2. The van der Waals surface area contributed by atoms with Crippen LogP contribution < -0.4 is 33.2 Å². The van der Waals surface area contributed by atoms with Crippen molar-refractivity contribution in [2.45, 2.75) is 63.2 Å². The molecule has 0 aliphatic rings. The average Bonchev–Trinajstić information content (AvgIpc) is 3.26. The van der Waals surface area contributed by atoms with Crippen LogP contribution in [0.4, 0.5) is 0 Å². The van der Waals surface area contributed by atoms with Crippen LogP contribution in [0, 0.1) is 0 Å². The highest BCUT2D eigenvalue weighted by atomic mass is 16.4. The number of aromatic amines is 1. The molecule has 15 heteroatoms. The zero-order valence-corrected chi connectivity index (χ0v) is 18.6. The Balaban J connectivity index is 2.99. The standard InChI is InChI=1S/C19H30N8O7/c1-9(19(33)34)25-18(32)13(6-10-7-23-8-24-10)27-17(31)12(3-5-15(22)29)26-16(30)11(20)2-4-14(21)28/h7-9,11-13H,2-6,20H2,1H3,(H2,21,28)(H2,22,29)(H,23,24)(H,25,32)(H,26,30)(H,27,31)(H,33,34). The number of nitrogens with two attached hydrogens (primary N) is 3.